The fourth-order valence-corrected chi connectivity index (χ4v) is 1.91. The number of halogens is 1. The van der Waals surface area contributed by atoms with Crippen molar-refractivity contribution in [3.05, 3.63) is 24.8 Å². The van der Waals surface area contributed by atoms with Gasteiger partial charge in [0.15, 0.2) is 0 Å². The van der Waals surface area contributed by atoms with Gasteiger partial charge in [0, 0.05) is 5.88 Å². The minimum Gasteiger partial charge on any atom is -0.126 e. The summed E-state index contributed by atoms with van der Waals surface area (Å²) in [4.78, 5) is 0. The summed E-state index contributed by atoms with van der Waals surface area (Å²) in [7, 11) is 0. The Morgan fingerprint density at radius 1 is 1.58 bits per heavy atom. The molecule has 0 bridgehead atoms. The van der Waals surface area contributed by atoms with E-state index >= 15 is 0 Å². The number of rotatable bonds is 4. The maximum Gasteiger partial charge on any atom is 0.0311 e. The van der Waals surface area contributed by atoms with E-state index in [1.54, 1.807) is 0 Å². The Hall–Kier alpha value is -0.230. The normalized spacial score (nSPS) is 22.5. The average Bonchev–Trinajstić information content (AvgIpc) is 2.57. The molecule has 68 valence electrons. The van der Waals surface area contributed by atoms with Gasteiger partial charge in [-0.15, -0.1) is 18.2 Å². The lowest BCUT2D eigenvalue weighted by molar-refractivity contribution is 0.348. The zero-order valence-electron chi connectivity index (χ0n) is 7.72. The van der Waals surface area contributed by atoms with Crippen LogP contribution >= 0.6 is 11.6 Å². The van der Waals surface area contributed by atoms with Crippen LogP contribution in [0.1, 0.15) is 26.2 Å². The summed E-state index contributed by atoms with van der Waals surface area (Å²) in [6.45, 7) is 6.03. The summed E-state index contributed by atoms with van der Waals surface area (Å²) in [6.07, 6.45) is 10.1. The van der Waals surface area contributed by atoms with Crippen LogP contribution < -0.4 is 0 Å². The van der Waals surface area contributed by atoms with Crippen molar-refractivity contribution in [2.24, 2.45) is 11.3 Å². The predicted octanol–water partition coefficient (Wildman–Crippen LogP) is 3.77. The minimum absolute atomic E-state index is 0.137. The van der Waals surface area contributed by atoms with Crippen molar-refractivity contribution in [3.8, 4) is 0 Å². The molecule has 0 saturated heterocycles. The van der Waals surface area contributed by atoms with Crippen LogP contribution in [0, 0.1) is 11.3 Å². The Balaban J connectivity index is 2.42. The van der Waals surface area contributed by atoms with E-state index in [1.807, 2.05) is 6.08 Å². The van der Waals surface area contributed by atoms with Crippen molar-refractivity contribution in [1.29, 1.82) is 0 Å². The summed E-state index contributed by atoms with van der Waals surface area (Å²) in [6, 6.07) is 0. The Morgan fingerprint density at radius 2 is 2.17 bits per heavy atom. The summed E-state index contributed by atoms with van der Waals surface area (Å²) < 4.78 is 0. The van der Waals surface area contributed by atoms with Gasteiger partial charge >= 0.3 is 0 Å². The largest absolute Gasteiger partial charge is 0.126 e. The highest BCUT2D eigenvalue weighted by atomic mass is 35.5. The summed E-state index contributed by atoms with van der Waals surface area (Å²) in [5.74, 6) is 1.49. The fourth-order valence-electron chi connectivity index (χ4n) is 1.69. The molecule has 0 radical (unpaired) electrons. The Morgan fingerprint density at radius 3 is 2.58 bits per heavy atom. The van der Waals surface area contributed by atoms with Crippen LogP contribution in [0.4, 0.5) is 0 Å². The van der Waals surface area contributed by atoms with Crippen LogP contribution in [0.15, 0.2) is 24.8 Å². The van der Waals surface area contributed by atoms with Crippen molar-refractivity contribution in [3.63, 3.8) is 0 Å². The summed E-state index contributed by atoms with van der Waals surface area (Å²) >= 11 is 5.90. The van der Waals surface area contributed by atoms with E-state index in [-0.39, 0.29) is 5.41 Å². The molecule has 1 aliphatic rings. The molecular weight excluding hydrogens is 168 g/mol. The van der Waals surface area contributed by atoms with Gasteiger partial charge in [-0.2, -0.15) is 0 Å². The first kappa shape index (κ1) is 9.85. The maximum absolute atomic E-state index is 5.90. The number of hydrogen-bond donors (Lipinski definition) is 0. The highest BCUT2D eigenvalue weighted by Crippen LogP contribution is 2.34. The smallest absolute Gasteiger partial charge is 0.0311 e. The van der Waals surface area contributed by atoms with Crippen LogP contribution in [0.2, 0.25) is 0 Å². The van der Waals surface area contributed by atoms with E-state index in [0.717, 1.165) is 5.92 Å². The molecule has 0 heterocycles. The van der Waals surface area contributed by atoms with E-state index < -0.39 is 0 Å². The van der Waals surface area contributed by atoms with E-state index in [2.05, 4.69) is 25.7 Å². The lowest BCUT2D eigenvalue weighted by Gasteiger charge is -2.26. The van der Waals surface area contributed by atoms with Crippen molar-refractivity contribution >= 4 is 11.6 Å². The minimum atomic E-state index is 0.137. The molecule has 0 aromatic heterocycles. The lowest BCUT2D eigenvalue weighted by atomic mass is 9.82. The molecule has 0 amide bonds. The second-order valence-corrected chi connectivity index (χ2v) is 4.27. The Kier molecular flexibility index (Phi) is 3.39. The van der Waals surface area contributed by atoms with Crippen LogP contribution in [-0.4, -0.2) is 5.88 Å². The van der Waals surface area contributed by atoms with Gasteiger partial charge in [-0.3, -0.25) is 0 Å². The third kappa shape index (κ3) is 2.38. The highest BCUT2D eigenvalue weighted by molar-refractivity contribution is 6.18. The van der Waals surface area contributed by atoms with Crippen molar-refractivity contribution in [2.75, 3.05) is 5.88 Å². The van der Waals surface area contributed by atoms with E-state index in [1.165, 1.54) is 19.3 Å². The lowest BCUT2D eigenvalue weighted by Crippen LogP contribution is -2.18. The second kappa shape index (κ2) is 4.13. The van der Waals surface area contributed by atoms with Gasteiger partial charge in [0.25, 0.3) is 0 Å². The number of hydrogen-bond acceptors (Lipinski definition) is 0. The molecule has 1 heteroatoms. The van der Waals surface area contributed by atoms with Gasteiger partial charge < -0.3 is 0 Å². The number of allylic oxidation sites excluding steroid dienone is 3. The predicted molar refractivity (Wildman–Crippen MR) is 55.5 cm³/mol. The van der Waals surface area contributed by atoms with Gasteiger partial charge in [0.05, 0.1) is 0 Å². The number of alkyl halides is 1. The first-order chi connectivity index (χ1) is 5.70. The van der Waals surface area contributed by atoms with Gasteiger partial charge in [0.1, 0.15) is 0 Å². The van der Waals surface area contributed by atoms with Crippen molar-refractivity contribution < 1.29 is 0 Å². The van der Waals surface area contributed by atoms with Gasteiger partial charge in [-0.05, 0) is 30.6 Å². The first-order valence-corrected chi connectivity index (χ1v) is 5.08. The molecule has 0 spiro atoms. The molecule has 1 unspecified atom stereocenters. The third-order valence-corrected chi connectivity index (χ3v) is 3.27. The molecular formula is C11H17Cl. The molecule has 1 rings (SSSR count). The van der Waals surface area contributed by atoms with Crippen LogP contribution in [0.3, 0.4) is 0 Å². The Bertz CT molecular complexity index is 175. The van der Waals surface area contributed by atoms with Gasteiger partial charge in [-0.25, -0.2) is 0 Å². The third-order valence-electron chi connectivity index (χ3n) is 2.66. The maximum atomic E-state index is 5.90. The molecule has 1 aliphatic carbocycles. The molecule has 0 N–H and O–H groups in total. The molecule has 0 aliphatic heterocycles. The molecule has 0 aromatic rings. The average molecular weight is 185 g/mol. The Labute approximate surface area is 80.3 Å². The molecule has 0 fully saturated rings. The molecule has 0 saturated carbocycles. The van der Waals surface area contributed by atoms with Crippen LogP contribution in [0.5, 0.6) is 0 Å². The van der Waals surface area contributed by atoms with Crippen LogP contribution in [-0.2, 0) is 0 Å². The topological polar surface area (TPSA) is 0 Å². The van der Waals surface area contributed by atoms with Gasteiger partial charge in [-0.1, -0.05) is 25.2 Å². The zero-order chi connectivity index (χ0) is 9.03. The highest BCUT2D eigenvalue weighted by Gasteiger charge is 2.24. The summed E-state index contributed by atoms with van der Waals surface area (Å²) in [5.41, 5.74) is 0.137. The van der Waals surface area contributed by atoms with Crippen molar-refractivity contribution in [2.45, 2.75) is 26.2 Å². The molecule has 12 heavy (non-hydrogen) atoms. The molecule has 0 nitrogen and oxygen atoms in total. The summed E-state index contributed by atoms with van der Waals surface area (Å²) in [5, 5.41) is 0. The van der Waals surface area contributed by atoms with Crippen LogP contribution in [0.25, 0.3) is 0 Å². The van der Waals surface area contributed by atoms with E-state index in [4.69, 9.17) is 11.6 Å². The quantitative estimate of drug-likeness (QED) is 0.461. The van der Waals surface area contributed by atoms with E-state index in [9.17, 15) is 0 Å². The standard InChI is InChI=1S/C11H17Cl/c1-3-11(2,9-12)8-10-6-4-5-7-10/h3-5,10H,1,6-9H2,2H3. The van der Waals surface area contributed by atoms with E-state index in [0.29, 0.717) is 5.88 Å². The molecule has 1 atom stereocenters. The SMILES string of the molecule is C=CC(C)(CCl)CC1CC=CC1. The monoisotopic (exact) mass is 184 g/mol. The fraction of sp³-hybridized carbons (Fsp3) is 0.636. The zero-order valence-corrected chi connectivity index (χ0v) is 8.48. The van der Waals surface area contributed by atoms with Gasteiger partial charge in [0.2, 0.25) is 0 Å². The van der Waals surface area contributed by atoms with Crippen molar-refractivity contribution in [1.82, 2.24) is 0 Å². The second-order valence-electron chi connectivity index (χ2n) is 4.00. The first-order valence-electron chi connectivity index (χ1n) is 4.55. The molecule has 0 aromatic carbocycles.